The highest BCUT2D eigenvalue weighted by molar-refractivity contribution is 14.0. The first-order valence-electron chi connectivity index (χ1n) is 5.85. The summed E-state index contributed by atoms with van der Waals surface area (Å²) < 4.78 is 10.4. The third-order valence-corrected chi connectivity index (χ3v) is 2.41. The van der Waals surface area contributed by atoms with Gasteiger partial charge in [0.15, 0.2) is 17.5 Å². The Morgan fingerprint density at radius 2 is 2.00 bits per heavy atom. The lowest BCUT2D eigenvalue weighted by Gasteiger charge is -2.08. The van der Waals surface area contributed by atoms with E-state index in [4.69, 9.17) is 15.2 Å². The molecule has 0 aromatic heterocycles. The van der Waals surface area contributed by atoms with Gasteiger partial charge in [-0.05, 0) is 24.6 Å². The van der Waals surface area contributed by atoms with E-state index in [1.165, 1.54) is 0 Å². The molecule has 0 aliphatic carbocycles. The van der Waals surface area contributed by atoms with E-state index < -0.39 is 0 Å². The summed E-state index contributed by atoms with van der Waals surface area (Å²) in [7, 11) is 3.20. The van der Waals surface area contributed by atoms with Crippen LogP contribution in [0.25, 0.3) is 0 Å². The monoisotopic (exact) mass is 389 g/mol. The molecular formula is C14H20IN3O2. The number of hydrogen-bond donors (Lipinski definition) is 2. The largest absolute Gasteiger partial charge is 0.493 e. The smallest absolute Gasteiger partial charge is 0.189 e. The van der Waals surface area contributed by atoms with Gasteiger partial charge < -0.3 is 20.5 Å². The maximum absolute atomic E-state index is 5.70. The molecule has 3 N–H and O–H groups in total. The quantitative estimate of drug-likeness (QED) is 0.349. The fraction of sp³-hybridized carbons (Fsp3) is 0.357. The van der Waals surface area contributed by atoms with Gasteiger partial charge in [-0.1, -0.05) is 12.0 Å². The molecule has 0 heterocycles. The number of nitrogens with zero attached hydrogens (tertiary/aromatic N) is 1. The predicted octanol–water partition coefficient (Wildman–Crippen LogP) is 1.75. The highest BCUT2D eigenvalue weighted by atomic mass is 127. The van der Waals surface area contributed by atoms with E-state index in [-0.39, 0.29) is 24.0 Å². The molecule has 0 fully saturated rings. The van der Waals surface area contributed by atoms with Gasteiger partial charge in [-0.2, -0.15) is 0 Å². The van der Waals surface area contributed by atoms with E-state index in [1.54, 1.807) is 21.1 Å². The van der Waals surface area contributed by atoms with Gasteiger partial charge in [0.25, 0.3) is 0 Å². The molecule has 0 unspecified atom stereocenters. The molecule has 0 atom stereocenters. The van der Waals surface area contributed by atoms with E-state index in [1.807, 2.05) is 18.2 Å². The Balaban J connectivity index is 0.00000361. The Bertz CT molecular complexity index is 507. The van der Waals surface area contributed by atoms with E-state index in [0.717, 1.165) is 5.56 Å². The van der Waals surface area contributed by atoms with Crippen LogP contribution in [0.1, 0.15) is 12.5 Å². The van der Waals surface area contributed by atoms with E-state index in [9.17, 15) is 0 Å². The molecular weight excluding hydrogens is 369 g/mol. The molecule has 0 saturated carbocycles. The summed E-state index contributed by atoms with van der Waals surface area (Å²) >= 11 is 0. The molecule has 1 rings (SSSR count). The van der Waals surface area contributed by atoms with E-state index in [0.29, 0.717) is 30.5 Å². The first-order chi connectivity index (χ1) is 9.21. The van der Waals surface area contributed by atoms with Crippen LogP contribution in [0.4, 0.5) is 0 Å². The molecule has 0 amide bonds. The zero-order valence-corrected chi connectivity index (χ0v) is 14.2. The molecule has 20 heavy (non-hydrogen) atoms. The Hall–Kier alpha value is -1.62. The number of rotatable bonds is 5. The zero-order valence-electron chi connectivity index (χ0n) is 11.9. The summed E-state index contributed by atoms with van der Waals surface area (Å²) in [6, 6.07) is 5.64. The Morgan fingerprint density at radius 3 is 2.60 bits per heavy atom. The topological polar surface area (TPSA) is 68.9 Å². The van der Waals surface area contributed by atoms with Gasteiger partial charge in [0.1, 0.15) is 0 Å². The van der Waals surface area contributed by atoms with Crippen LogP contribution in [-0.4, -0.2) is 26.7 Å². The molecule has 1 aromatic carbocycles. The molecule has 5 nitrogen and oxygen atoms in total. The zero-order chi connectivity index (χ0) is 14.1. The van der Waals surface area contributed by atoms with Crippen molar-refractivity contribution in [2.45, 2.75) is 13.5 Å². The first kappa shape index (κ1) is 18.4. The number of benzene rings is 1. The second kappa shape index (κ2) is 10.2. The lowest BCUT2D eigenvalue weighted by molar-refractivity contribution is 0.354. The average Bonchev–Trinajstić information content (AvgIpc) is 2.45. The van der Waals surface area contributed by atoms with Crippen molar-refractivity contribution < 1.29 is 9.47 Å². The van der Waals surface area contributed by atoms with Gasteiger partial charge in [0.2, 0.25) is 0 Å². The summed E-state index contributed by atoms with van der Waals surface area (Å²) in [4.78, 5) is 4.22. The highest BCUT2D eigenvalue weighted by Gasteiger charge is 2.03. The lowest BCUT2D eigenvalue weighted by Crippen LogP contribution is -2.31. The number of ether oxygens (including phenoxy) is 2. The normalized spacial score (nSPS) is 9.85. The molecule has 110 valence electrons. The van der Waals surface area contributed by atoms with Crippen molar-refractivity contribution in [1.29, 1.82) is 0 Å². The number of methoxy groups -OCH3 is 2. The van der Waals surface area contributed by atoms with Gasteiger partial charge in [-0.3, -0.25) is 0 Å². The van der Waals surface area contributed by atoms with Crippen LogP contribution < -0.4 is 20.5 Å². The molecule has 0 saturated heterocycles. The van der Waals surface area contributed by atoms with Crippen molar-refractivity contribution >= 4 is 29.9 Å². The van der Waals surface area contributed by atoms with Crippen LogP contribution in [-0.2, 0) is 6.54 Å². The molecule has 0 aliphatic rings. The first-order valence-corrected chi connectivity index (χ1v) is 5.85. The van der Waals surface area contributed by atoms with Gasteiger partial charge in [-0.25, -0.2) is 4.99 Å². The van der Waals surface area contributed by atoms with Gasteiger partial charge >= 0.3 is 0 Å². The second-order valence-corrected chi connectivity index (χ2v) is 3.67. The van der Waals surface area contributed by atoms with Gasteiger partial charge in [0.05, 0.1) is 27.3 Å². The summed E-state index contributed by atoms with van der Waals surface area (Å²) in [5.41, 5.74) is 6.69. The minimum absolute atomic E-state index is 0. The summed E-state index contributed by atoms with van der Waals surface area (Å²) in [6.07, 6.45) is 0. The maximum Gasteiger partial charge on any atom is 0.189 e. The Morgan fingerprint density at radius 1 is 1.30 bits per heavy atom. The number of nitrogens with two attached hydrogens (primary N) is 1. The summed E-state index contributed by atoms with van der Waals surface area (Å²) in [5, 5.41) is 2.90. The van der Waals surface area contributed by atoms with Crippen molar-refractivity contribution in [2.75, 3.05) is 20.8 Å². The Kier molecular flexibility index (Phi) is 9.38. The van der Waals surface area contributed by atoms with Crippen LogP contribution in [0.3, 0.4) is 0 Å². The van der Waals surface area contributed by atoms with Crippen molar-refractivity contribution in [2.24, 2.45) is 10.7 Å². The third kappa shape index (κ3) is 6.02. The number of nitrogens with one attached hydrogen (secondary N) is 1. The minimum Gasteiger partial charge on any atom is -0.493 e. The molecule has 0 aliphatic heterocycles. The average molecular weight is 389 g/mol. The molecule has 1 aromatic rings. The number of guanidine groups is 1. The van der Waals surface area contributed by atoms with Crippen LogP contribution in [0.5, 0.6) is 11.5 Å². The highest BCUT2D eigenvalue weighted by Crippen LogP contribution is 2.27. The number of hydrogen-bond acceptors (Lipinski definition) is 3. The van der Waals surface area contributed by atoms with E-state index >= 15 is 0 Å². The van der Waals surface area contributed by atoms with Crippen molar-refractivity contribution in [3.63, 3.8) is 0 Å². The minimum atomic E-state index is 0. The molecule has 0 bridgehead atoms. The van der Waals surface area contributed by atoms with Crippen LogP contribution in [0, 0.1) is 11.8 Å². The van der Waals surface area contributed by atoms with Crippen molar-refractivity contribution in [3.8, 4) is 23.3 Å². The van der Waals surface area contributed by atoms with Gasteiger partial charge in [-0.15, -0.1) is 29.9 Å². The van der Waals surface area contributed by atoms with Gasteiger partial charge in [0, 0.05) is 0 Å². The third-order valence-electron chi connectivity index (χ3n) is 2.41. The molecule has 0 radical (unpaired) electrons. The van der Waals surface area contributed by atoms with Crippen molar-refractivity contribution in [3.05, 3.63) is 23.8 Å². The summed E-state index contributed by atoms with van der Waals surface area (Å²) in [6.45, 7) is 2.75. The summed E-state index contributed by atoms with van der Waals surface area (Å²) in [5.74, 6) is 7.37. The number of aliphatic imine (C=N–C) groups is 1. The van der Waals surface area contributed by atoms with Crippen molar-refractivity contribution in [1.82, 2.24) is 5.32 Å². The Labute approximate surface area is 137 Å². The van der Waals surface area contributed by atoms with Crippen LogP contribution >= 0.6 is 24.0 Å². The standard InChI is InChI=1S/C14H19N3O2.HI/c1-4-5-8-16-14(15)17-10-11-6-7-12(18-2)13(9-11)19-3;/h6-7,9H,8,10H2,1-3H3,(H3,15,16,17);1H. The second-order valence-electron chi connectivity index (χ2n) is 3.67. The fourth-order valence-corrected chi connectivity index (χ4v) is 1.43. The lowest BCUT2D eigenvalue weighted by atomic mass is 10.2. The predicted molar refractivity (Wildman–Crippen MR) is 91.7 cm³/mol. The molecule has 6 heteroatoms. The fourth-order valence-electron chi connectivity index (χ4n) is 1.43. The number of halogens is 1. The van der Waals surface area contributed by atoms with Crippen LogP contribution in [0.2, 0.25) is 0 Å². The SMILES string of the molecule is CC#CCNC(N)=NCc1ccc(OC)c(OC)c1.I. The molecule has 0 spiro atoms. The van der Waals surface area contributed by atoms with E-state index in [2.05, 4.69) is 22.2 Å². The maximum atomic E-state index is 5.70. The van der Waals surface area contributed by atoms with Crippen LogP contribution in [0.15, 0.2) is 23.2 Å².